The van der Waals surface area contributed by atoms with Gasteiger partial charge in [-0.1, -0.05) is 0 Å². The van der Waals surface area contributed by atoms with Crippen molar-refractivity contribution in [2.75, 3.05) is 19.0 Å². The Kier molecular flexibility index (Phi) is 2.94. The summed E-state index contributed by atoms with van der Waals surface area (Å²) in [6.45, 7) is 0. The van der Waals surface area contributed by atoms with E-state index in [1.54, 1.807) is 0 Å². The Balaban J connectivity index is 2.03. The maximum absolute atomic E-state index is 4.73. The average molecular weight is 301 g/mol. The molecule has 0 aliphatic carbocycles. The summed E-state index contributed by atoms with van der Waals surface area (Å²) in [5, 5.41) is 0. The summed E-state index contributed by atoms with van der Waals surface area (Å²) in [5.74, 6) is 0. The summed E-state index contributed by atoms with van der Waals surface area (Å²) >= 11 is 0.343. The molecule has 0 bridgehead atoms. The second-order valence-electron chi connectivity index (χ2n) is 4.43. The van der Waals surface area contributed by atoms with Crippen LogP contribution < -0.4 is 4.90 Å². The molecule has 3 rings (SSSR count). The van der Waals surface area contributed by atoms with Gasteiger partial charge in [-0.25, -0.2) is 0 Å². The van der Waals surface area contributed by atoms with E-state index in [1.807, 2.05) is 0 Å². The van der Waals surface area contributed by atoms with E-state index >= 15 is 0 Å². The number of nitrogens with zero attached hydrogens (tertiary/aromatic N) is 2. The van der Waals surface area contributed by atoms with E-state index in [-0.39, 0.29) is 0 Å². The molecule has 0 spiro atoms. The van der Waals surface area contributed by atoms with Crippen molar-refractivity contribution in [3.05, 3.63) is 48.5 Å². The maximum atomic E-state index is 4.73. The monoisotopic (exact) mass is 302 g/mol. The number of anilines is 1. The van der Waals surface area contributed by atoms with E-state index in [0.717, 1.165) is 5.52 Å². The third-order valence-corrected chi connectivity index (χ3v) is 5.20. The molecule has 3 heteroatoms. The first-order chi connectivity index (χ1) is 8.74. The van der Waals surface area contributed by atoms with Gasteiger partial charge in [0, 0.05) is 0 Å². The second-order valence-corrected chi connectivity index (χ2v) is 6.59. The zero-order valence-electron chi connectivity index (χ0n) is 10.4. The molecule has 1 heterocycles. The molecule has 0 unspecified atom stereocenters. The van der Waals surface area contributed by atoms with E-state index in [1.165, 1.54) is 20.1 Å². The van der Waals surface area contributed by atoms with Gasteiger partial charge in [0.25, 0.3) is 0 Å². The van der Waals surface area contributed by atoms with Gasteiger partial charge in [0.2, 0.25) is 0 Å². The molecule has 0 saturated carbocycles. The number of aromatic nitrogens is 1. The summed E-state index contributed by atoms with van der Waals surface area (Å²) in [6, 6.07) is 17.1. The summed E-state index contributed by atoms with van der Waals surface area (Å²) in [7, 11) is 4.11. The Morgan fingerprint density at radius 2 is 1.67 bits per heavy atom. The molecule has 0 atom stereocenters. The van der Waals surface area contributed by atoms with Crippen LogP contribution in [0.15, 0.2) is 48.5 Å². The molecule has 0 amide bonds. The average Bonchev–Trinajstić information content (AvgIpc) is 2.82. The van der Waals surface area contributed by atoms with Crippen LogP contribution in [0.25, 0.3) is 19.9 Å². The number of benzene rings is 2. The standard InChI is InChI=1S/C15H14N2Se/c1-17(2)12-9-7-11(8-10-12)15-16-13-5-3-4-6-14(13)18-15/h3-10H,1-2H3. The number of fused-ring (bicyclic) bond motifs is 1. The summed E-state index contributed by atoms with van der Waals surface area (Å²) < 4.78 is 2.62. The van der Waals surface area contributed by atoms with Gasteiger partial charge >= 0.3 is 113 Å². The molecule has 90 valence electrons. The molecular weight excluding hydrogens is 287 g/mol. The van der Waals surface area contributed by atoms with Crippen molar-refractivity contribution < 1.29 is 0 Å². The van der Waals surface area contributed by atoms with Gasteiger partial charge in [-0.2, -0.15) is 0 Å². The van der Waals surface area contributed by atoms with Gasteiger partial charge in [0.15, 0.2) is 0 Å². The van der Waals surface area contributed by atoms with Crippen molar-refractivity contribution in [2.45, 2.75) is 0 Å². The number of hydrogen-bond acceptors (Lipinski definition) is 2. The van der Waals surface area contributed by atoms with Gasteiger partial charge in [0.1, 0.15) is 0 Å². The normalized spacial score (nSPS) is 10.8. The number of para-hydroxylation sites is 1. The zero-order valence-corrected chi connectivity index (χ0v) is 12.1. The van der Waals surface area contributed by atoms with Crippen molar-refractivity contribution in [3.8, 4) is 10.1 Å². The number of hydrogen-bond donors (Lipinski definition) is 0. The van der Waals surface area contributed by atoms with Crippen LogP contribution in [0.3, 0.4) is 0 Å². The topological polar surface area (TPSA) is 16.1 Å². The van der Waals surface area contributed by atoms with Crippen LogP contribution in [0.2, 0.25) is 0 Å². The van der Waals surface area contributed by atoms with E-state index in [0.29, 0.717) is 14.5 Å². The van der Waals surface area contributed by atoms with Gasteiger partial charge in [-0.3, -0.25) is 0 Å². The van der Waals surface area contributed by atoms with Gasteiger partial charge in [0.05, 0.1) is 0 Å². The Hall–Kier alpha value is -1.57. The molecule has 0 radical (unpaired) electrons. The molecule has 0 N–H and O–H groups in total. The summed E-state index contributed by atoms with van der Waals surface area (Å²) in [4.78, 5) is 6.84. The van der Waals surface area contributed by atoms with Crippen molar-refractivity contribution >= 4 is 30.0 Å². The Labute approximate surface area is 113 Å². The second kappa shape index (κ2) is 4.60. The van der Waals surface area contributed by atoms with Crippen LogP contribution in [0.5, 0.6) is 0 Å². The molecule has 1 aromatic heterocycles. The van der Waals surface area contributed by atoms with E-state index in [9.17, 15) is 0 Å². The van der Waals surface area contributed by atoms with Crippen molar-refractivity contribution in [1.29, 1.82) is 0 Å². The molecule has 0 fully saturated rings. The van der Waals surface area contributed by atoms with E-state index < -0.39 is 0 Å². The van der Waals surface area contributed by atoms with Crippen LogP contribution in [0.4, 0.5) is 5.69 Å². The summed E-state index contributed by atoms with van der Waals surface area (Å²) in [5.41, 5.74) is 3.61. The molecule has 0 aliphatic rings. The predicted octanol–water partition coefficient (Wildman–Crippen LogP) is 3.02. The molecule has 0 saturated heterocycles. The quantitative estimate of drug-likeness (QED) is 0.676. The van der Waals surface area contributed by atoms with Crippen LogP contribution in [-0.4, -0.2) is 33.6 Å². The molecular formula is C15H14N2Se. The van der Waals surface area contributed by atoms with Gasteiger partial charge in [-0.05, 0) is 0 Å². The first-order valence-corrected chi connectivity index (χ1v) is 7.59. The Morgan fingerprint density at radius 3 is 2.33 bits per heavy atom. The number of rotatable bonds is 2. The van der Waals surface area contributed by atoms with Crippen molar-refractivity contribution in [2.24, 2.45) is 0 Å². The van der Waals surface area contributed by atoms with Crippen molar-refractivity contribution in [1.82, 2.24) is 4.98 Å². The Morgan fingerprint density at radius 1 is 0.944 bits per heavy atom. The minimum atomic E-state index is 0.343. The molecule has 2 aromatic carbocycles. The fourth-order valence-electron chi connectivity index (χ4n) is 1.90. The fourth-order valence-corrected chi connectivity index (χ4v) is 3.94. The van der Waals surface area contributed by atoms with Crippen molar-refractivity contribution in [3.63, 3.8) is 0 Å². The van der Waals surface area contributed by atoms with Crippen LogP contribution in [0, 0.1) is 0 Å². The summed E-state index contributed by atoms with van der Waals surface area (Å²) in [6.07, 6.45) is 0. The van der Waals surface area contributed by atoms with Gasteiger partial charge in [-0.15, -0.1) is 0 Å². The minimum absolute atomic E-state index is 0.343. The molecule has 2 nitrogen and oxygen atoms in total. The Bertz CT molecular complexity index is 635. The van der Waals surface area contributed by atoms with E-state index in [4.69, 9.17) is 4.98 Å². The van der Waals surface area contributed by atoms with Crippen LogP contribution in [0.1, 0.15) is 0 Å². The third kappa shape index (κ3) is 2.07. The van der Waals surface area contributed by atoms with Crippen LogP contribution in [-0.2, 0) is 0 Å². The zero-order chi connectivity index (χ0) is 12.5. The molecule has 18 heavy (non-hydrogen) atoms. The predicted molar refractivity (Wildman–Crippen MR) is 78.4 cm³/mol. The SMILES string of the molecule is CN(C)c1ccc(-c2nc3ccccc3[se]2)cc1. The first-order valence-electron chi connectivity index (χ1n) is 5.87. The van der Waals surface area contributed by atoms with E-state index in [2.05, 4.69) is 67.5 Å². The van der Waals surface area contributed by atoms with Crippen LogP contribution >= 0.6 is 0 Å². The molecule has 3 aromatic rings. The molecule has 0 aliphatic heterocycles. The fraction of sp³-hybridized carbons (Fsp3) is 0.133. The third-order valence-electron chi connectivity index (χ3n) is 2.92. The van der Waals surface area contributed by atoms with Gasteiger partial charge < -0.3 is 0 Å². The first kappa shape index (κ1) is 11.5.